The minimum Gasteiger partial charge on any atom is -0.508 e. The SMILES string of the molecule is OCc1cc(C(O)NCCc2ccc(Nc3ccc(Sc4ccc(F)cc4)cc3)cc2)ccc1O. The lowest BCUT2D eigenvalue weighted by atomic mass is 10.1. The molecule has 0 spiro atoms. The second-order valence-electron chi connectivity index (χ2n) is 8.06. The van der Waals surface area contributed by atoms with E-state index >= 15 is 0 Å². The molecule has 0 aromatic heterocycles. The van der Waals surface area contributed by atoms with Gasteiger partial charge in [-0.2, -0.15) is 0 Å². The van der Waals surface area contributed by atoms with Crippen LogP contribution in [0.15, 0.2) is 101 Å². The van der Waals surface area contributed by atoms with Crippen LogP contribution >= 0.6 is 11.8 Å². The summed E-state index contributed by atoms with van der Waals surface area (Å²) in [5.41, 5.74) is 4.05. The minimum atomic E-state index is -0.883. The molecule has 0 aliphatic heterocycles. The predicted molar refractivity (Wildman–Crippen MR) is 137 cm³/mol. The van der Waals surface area contributed by atoms with E-state index in [1.165, 1.54) is 18.2 Å². The lowest BCUT2D eigenvalue weighted by Gasteiger charge is -2.15. The van der Waals surface area contributed by atoms with E-state index in [1.54, 1.807) is 36.0 Å². The number of benzene rings is 4. The highest BCUT2D eigenvalue weighted by atomic mass is 32.2. The van der Waals surface area contributed by atoms with Crippen LogP contribution in [-0.4, -0.2) is 21.9 Å². The fraction of sp³-hybridized carbons (Fsp3) is 0.143. The molecule has 1 unspecified atom stereocenters. The molecule has 4 rings (SSSR count). The fourth-order valence-electron chi connectivity index (χ4n) is 3.54. The predicted octanol–water partition coefficient (Wildman–Crippen LogP) is 5.74. The van der Waals surface area contributed by atoms with Crippen LogP contribution in [0.2, 0.25) is 0 Å². The van der Waals surface area contributed by atoms with Gasteiger partial charge in [-0.15, -0.1) is 0 Å². The second kappa shape index (κ2) is 11.9. The normalized spacial score (nSPS) is 11.9. The molecule has 0 amide bonds. The van der Waals surface area contributed by atoms with Crippen LogP contribution < -0.4 is 10.6 Å². The van der Waals surface area contributed by atoms with Gasteiger partial charge in [-0.1, -0.05) is 30.0 Å². The van der Waals surface area contributed by atoms with Crippen LogP contribution in [-0.2, 0) is 13.0 Å². The van der Waals surface area contributed by atoms with Crippen molar-refractivity contribution < 1.29 is 19.7 Å². The Labute approximate surface area is 208 Å². The fourth-order valence-corrected chi connectivity index (χ4v) is 4.36. The van der Waals surface area contributed by atoms with Crippen LogP contribution in [0.5, 0.6) is 5.75 Å². The van der Waals surface area contributed by atoms with Crippen molar-refractivity contribution in [2.24, 2.45) is 0 Å². The van der Waals surface area contributed by atoms with Crippen LogP contribution in [0, 0.1) is 5.82 Å². The number of nitrogens with one attached hydrogen (secondary N) is 2. The summed E-state index contributed by atoms with van der Waals surface area (Å²) in [4.78, 5) is 2.06. The third-order valence-corrected chi connectivity index (χ3v) is 6.50. The summed E-state index contributed by atoms with van der Waals surface area (Å²) < 4.78 is 13.1. The van der Waals surface area contributed by atoms with E-state index in [9.17, 15) is 19.7 Å². The molecule has 0 bridgehead atoms. The molecule has 7 heteroatoms. The molecule has 0 saturated carbocycles. The molecule has 0 radical (unpaired) electrons. The zero-order chi connectivity index (χ0) is 24.6. The van der Waals surface area contributed by atoms with Gasteiger partial charge in [0.05, 0.1) is 6.61 Å². The number of rotatable bonds is 10. The maximum atomic E-state index is 13.1. The van der Waals surface area contributed by atoms with E-state index < -0.39 is 6.23 Å². The number of aliphatic hydroxyl groups is 2. The molecule has 5 N–H and O–H groups in total. The van der Waals surface area contributed by atoms with Crippen LogP contribution in [0.1, 0.15) is 22.9 Å². The topological polar surface area (TPSA) is 84.8 Å². The van der Waals surface area contributed by atoms with E-state index in [2.05, 4.69) is 10.6 Å². The van der Waals surface area contributed by atoms with Crippen molar-refractivity contribution in [2.45, 2.75) is 29.0 Å². The summed E-state index contributed by atoms with van der Waals surface area (Å²) in [7, 11) is 0. The summed E-state index contributed by atoms with van der Waals surface area (Å²) >= 11 is 1.58. The summed E-state index contributed by atoms with van der Waals surface area (Å²) in [5, 5.41) is 35.7. The molecule has 0 fully saturated rings. The number of halogens is 1. The minimum absolute atomic E-state index is 0.0111. The van der Waals surface area contributed by atoms with Gasteiger partial charge in [0, 0.05) is 33.3 Å². The number of anilines is 2. The average molecular weight is 491 g/mol. The number of hydrogen-bond acceptors (Lipinski definition) is 6. The Balaban J connectivity index is 1.25. The molecule has 0 aliphatic rings. The first-order valence-electron chi connectivity index (χ1n) is 11.2. The van der Waals surface area contributed by atoms with Gasteiger partial charge in [-0.05, 0) is 90.3 Å². The maximum Gasteiger partial charge on any atom is 0.131 e. The largest absolute Gasteiger partial charge is 0.508 e. The number of hydrogen-bond donors (Lipinski definition) is 5. The third-order valence-electron chi connectivity index (χ3n) is 5.49. The van der Waals surface area contributed by atoms with E-state index in [1.807, 2.05) is 48.5 Å². The van der Waals surface area contributed by atoms with Crippen molar-refractivity contribution in [1.82, 2.24) is 5.32 Å². The van der Waals surface area contributed by atoms with Gasteiger partial charge >= 0.3 is 0 Å². The van der Waals surface area contributed by atoms with Gasteiger partial charge in [-0.3, -0.25) is 5.32 Å². The highest BCUT2D eigenvalue weighted by Gasteiger charge is 2.09. The summed E-state index contributed by atoms with van der Waals surface area (Å²) in [5.74, 6) is -0.225. The lowest BCUT2D eigenvalue weighted by Crippen LogP contribution is -2.23. The Morgan fingerprint density at radius 1 is 0.800 bits per heavy atom. The van der Waals surface area contributed by atoms with Crippen molar-refractivity contribution in [2.75, 3.05) is 11.9 Å². The highest BCUT2D eigenvalue weighted by molar-refractivity contribution is 7.99. The lowest BCUT2D eigenvalue weighted by molar-refractivity contribution is 0.139. The first-order chi connectivity index (χ1) is 17.0. The van der Waals surface area contributed by atoms with Gasteiger partial charge in [-0.25, -0.2) is 4.39 Å². The van der Waals surface area contributed by atoms with Gasteiger partial charge in [0.15, 0.2) is 0 Å². The van der Waals surface area contributed by atoms with E-state index in [0.29, 0.717) is 17.7 Å². The molecule has 5 nitrogen and oxygen atoms in total. The van der Waals surface area contributed by atoms with E-state index in [-0.39, 0.29) is 18.2 Å². The number of phenols is 1. The zero-order valence-electron chi connectivity index (χ0n) is 19.0. The Morgan fingerprint density at radius 3 is 2.03 bits per heavy atom. The van der Waals surface area contributed by atoms with Crippen molar-refractivity contribution in [3.63, 3.8) is 0 Å². The Morgan fingerprint density at radius 2 is 1.40 bits per heavy atom. The molecule has 35 heavy (non-hydrogen) atoms. The molecule has 0 heterocycles. The van der Waals surface area contributed by atoms with Gasteiger partial charge in [0.1, 0.15) is 17.8 Å². The molecular formula is C28H27FN2O3S. The first kappa shape index (κ1) is 24.8. The first-order valence-corrected chi connectivity index (χ1v) is 12.1. The van der Waals surface area contributed by atoms with E-state index in [0.717, 1.165) is 33.2 Å². The van der Waals surface area contributed by atoms with Crippen molar-refractivity contribution in [3.05, 3.63) is 114 Å². The molecule has 4 aromatic rings. The summed E-state index contributed by atoms with van der Waals surface area (Å²) in [6, 6.07) is 27.3. The van der Waals surface area contributed by atoms with Crippen molar-refractivity contribution in [3.8, 4) is 5.75 Å². The Kier molecular flexibility index (Phi) is 8.39. The second-order valence-corrected chi connectivity index (χ2v) is 9.20. The van der Waals surface area contributed by atoms with Gasteiger partial charge in [0.25, 0.3) is 0 Å². The maximum absolute atomic E-state index is 13.1. The molecule has 1 atom stereocenters. The standard InChI is InChI=1S/C28H27FN2O3S/c29-22-4-10-25(11-5-22)35-26-12-8-24(9-13-26)31-23-6-1-19(2-7-23)15-16-30-28(34)20-3-14-27(33)21(17-20)18-32/h1-14,17,28,30-34H,15-16,18H2. The molecular weight excluding hydrogens is 463 g/mol. The monoisotopic (exact) mass is 490 g/mol. The van der Waals surface area contributed by atoms with Crippen LogP contribution in [0.25, 0.3) is 0 Å². The number of aliphatic hydroxyl groups excluding tert-OH is 2. The van der Waals surface area contributed by atoms with Crippen molar-refractivity contribution in [1.29, 1.82) is 0 Å². The van der Waals surface area contributed by atoms with Gasteiger partial charge in [0.2, 0.25) is 0 Å². The van der Waals surface area contributed by atoms with Gasteiger partial charge < -0.3 is 20.6 Å². The molecule has 0 saturated heterocycles. The molecule has 4 aromatic carbocycles. The zero-order valence-corrected chi connectivity index (χ0v) is 19.8. The van der Waals surface area contributed by atoms with Crippen LogP contribution in [0.3, 0.4) is 0 Å². The Hall–Kier alpha value is -3.36. The third kappa shape index (κ3) is 7.07. The van der Waals surface area contributed by atoms with Crippen molar-refractivity contribution >= 4 is 23.1 Å². The highest BCUT2D eigenvalue weighted by Crippen LogP contribution is 2.29. The Bertz CT molecular complexity index is 1230. The quantitative estimate of drug-likeness (QED) is 0.182. The average Bonchev–Trinajstić information content (AvgIpc) is 2.88. The van der Waals surface area contributed by atoms with Crippen LogP contribution in [0.4, 0.5) is 15.8 Å². The van der Waals surface area contributed by atoms with E-state index in [4.69, 9.17) is 0 Å². The smallest absolute Gasteiger partial charge is 0.131 e. The summed E-state index contributed by atoms with van der Waals surface area (Å²) in [6.45, 7) is 0.280. The molecule has 0 aliphatic carbocycles. The number of aromatic hydroxyl groups is 1. The summed E-state index contributed by atoms with van der Waals surface area (Å²) in [6.07, 6.45) is -0.150. The molecule has 180 valence electrons.